The van der Waals surface area contributed by atoms with E-state index in [1.807, 2.05) is 36.4 Å². The molecule has 1 unspecified atom stereocenters. The van der Waals surface area contributed by atoms with Crippen molar-refractivity contribution in [2.75, 3.05) is 12.5 Å². The lowest BCUT2D eigenvalue weighted by Gasteiger charge is -2.41. The van der Waals surface area contributed by atoms with Crippen LogP contribution in [0.1, 0.15) is 23.7 Å². The van der Waals surface area contributed by atoms with Gasteiger partial charge < -0.3 is 4.42 Å². The van der Waals surface area contributed by atoms with Gasteiger partial charge in [-0.1, -0.05) is 39.8 Å². The number of rotatable bonds is 3. The summed E-state index contributed by atoms with van der Waals surface area (Å²) in [4.78, 5) is 16.7. The molecule has 1 amide bonds. The third-order valence-electron chi connectivity index (χ3n) is 4.58. The molecule has 4 rings (SSSR count). The molecule has 2 aliphatic heterocycles. The molecule has 5 nitrogen and oxygen atoms in total. The van der Waals surface area contributed by atoms with Crippen molar-refractivity contribution >= 4 is 33.6 Å². The summed E-state index contributed by atoms with van der Waals surface area (Å²) in [6, 6.07) is 14.0. The second-order valence-electron chi connectivity index (χ2n) is 6.28. The lowest BCUT2D eigenvalue weighted by Crippen LogP contribution is -2.46. The van der Waals surface area contributed by atoms with Crippen molar-refractivity contribution in [2.45, 2.75) is 18.9 Å². The molecule has 0 aliphatic carbocycles. The van der Waals surface area contributed by atoms with E-state index in [-0.39, 0.29) is 11.8 Å². The fourth-order valence-corrected chi connectivity index (χ4v) is 4.71. The first-order chi connectivity index (χ1) is 12.7. The van der Waals surface area contributed by atoms with Gasteiger partial charge in [-0.15, -0.1) is 0 Å². The van der Waals surface area contributed by atoms with Crippen LogP contribution in [0, 0.1) is 11.3 Å². The second-order valence-corrected chi connectivity index (χ2v) is 8.13. The van der Waals surface area contributed by atoms with Gasteiger partial charge in [0, 0.05) is 16.8 Å². The second kappa shape index (κ2) is 7.31. The van der Waals surface area contributed by atoms with E-state index in [1.165, 1.54) is 0 Å². The summed E-state index contributed by atoms with van der Waals surface area (Å²) in [5, 5.41) is 10.6. The van der Waals surface area contributed by atoms with Crippen LogP contribution in [0.5, 0.6) is 0 Å². The van der Waals surface area contributed by atoms with Gasteiger partial charge in [0.25, 0.3) is 0 Å². The topological polar surface area (TPSA) is 60.5 Å². The lowest BCUT2D eigenvalue weighted by atomic mass is 9.86. The number of nitrogens with zero attached hydrogens (tertiary/aromatic N) is 3. The Morgan fingerprint density at radius 2 is 2.12 bits per heavy atom. The van der Waals surface area contributed by atoms with Crippen molar-refractivity contribution in [1.29, 1.82) is 5.26 Å². The van der Waals surface area contributed by atoms with Gasteiger partial charge in [0.15, 0.2) is 0 Å². The number of carbonyl (C=O) groups is 1. The fraction of sp³-hybridized carbons (Fsp3) is 0.263. The van der Waals surface area contributed by atoms with Crippen molar-refractivity contribution in [3.8, 4) is 6.07 Å². The van der Waals surface area contributed by atoms with Gasteiger partial charge in [0.1, 0.15) is 5.76 Å². The molecule has 0 bridgehead atoms. The number of hydrogen-bond acceptors (Lipinski definition) is 5. The van der Waals surface area contributed by atoms with Crippen molar-refractivity contribution in [3.63, 3.8) is 0 Å². The first kappa shape index (κ1) is 17.4. The van der Waals surface area contributed by atoms with Gasteiger partial charge in [-0.05, 0) is 29.8 Å². The van der Waals surface area contributed by atoms with E-state index in [4.69, 9.17) is 4.42 Å². The molecule has 2 aromatic rings. The minimum Gasteiger partial charge on any atom is -0.468 e. The van der Waals surface area contributed by atoms with Crippen LogP contribution in [0.4, 0.5) is 0 Å². The Morgan fingerprint density at radius 1 is 1.31 bits per heavy atom. The first-order valence-corrected chi connectivity index (χ1v) is 10.0. The fourth-order valence-electron chi connectivity index (χ4n) is 3.31. The minimum atomic E-state index is -0.170. The zero-order valence-electron chi connectivity index (χ0n) is 13.9. The van der Waals surface area contributed by atoms with Crippen molar-refractivity contribution < 1.29 is 9.21 Å². The molecular formula is C19H16BrN3O2S. The van der Waals surface area contributed by atoms with Crippen LogP contribution in [0.25, 0.3) is 0 Å². The van der Waals surface area contributed by atoms with Gasteiger partial charge in [-0.3, -0.25) is 14.6 Å². The van der Waals surface area contributed by atoms with Gasteiger partial charge >= 0.3 is 0 Å². The Bertz CT molecular complexity index is 887. The van der Waals surface area contributed by atoms with Crippen LogP contribution < -0.4 is 0 Å². The summed E-state index contributed by atoms with van der Waals surface area (Å²) >= 11 is 4.98. The molecule has 0 spiro atoms. The maximum Gasteiger partial charge on any atom is 0.229 e. The number of thioether (sulfide) groups is 1. The van der Waals surface area contributed by atoms with Crippen LogP contribution in [-0.2, 0) is 11.3 Å². The molecule has 0 radical (unpaired) electrons. The maximum absolute atomic E-state index is 12.8. The molecular weight excluding hydrogens is 414 g/mol. The average Bonchev–Trinajstić information content (AvgIpc) is 3.15. The molecule has 1 aromatic carbocycles. The Hall–Kier alpha value is -2.01. The van der Waals surface area contributed by atoms with Crippen molar-refractivity contribution in [3.05, 3.63) is 69.1 Å². The normalized spacial score (nSPS) is 20.8. The Labute approximate surface area is 164 Å². The summed E-state index contributed by atoms with van der Waals surface area (Å²) in [5.74, 6) is 1.48. The van der Waals surface area contributed by atoms with Gasteiger partial charge in [0.2, 0.25) is 5.91 Å². The minimum absolute atomic E-state index is 0.0589. The SMILES string of the molecule is N#CC1=C2SCN(Cc3ccco3)CN2C(=O)CC1c1ccc(Br)cc1. The molecule has 1 fully saturated rings. The summed E-state index contributed by atoms with van der Waals surface area (Å²) in [6.07, 6.45) is 1.98. The molecule has 132 valence electrons. The van der Waals surface area contributed by atoms with E-state index >= 15 is 0 Å². The first-order valence-electron chi connectivity index (χ1n) is 8.23. The van der Waals surface area contributed by atoms with E-state index in [0.29, 0.717) is 25.2 Å². The number of allylic oxidation sites excluding steroid dienone is 1. The highest BCUT2D eigenvalue weighted by Crippen LogP contribution is 2.42. The van der Waals surface area contributed by atoms with Crippen LogP contribution in [0.2, 0.25) is 0 Å². The zero-order chi connectivity index (χ0) is 18.1. The third kappa shape index (κ3) is 3.32. The number of carbonyl (C=O) groups excluding carboxylic acids is 1. The number of halogens is 1. The predicted molar refractivity (Wildman–Crippen MR) is 103 cm³/mol. The quantitative estimate of drug-likeness (QED) is 0.729. The van der Waals surface area contributed by atoms with Crippen molar-refractivity contribution in [2.24, 2.45) is 0 Å². The Morgan fingerprint density at radius 3 is 2.81 bits per heavy atom. The summed E-state index contributed by atoms with van der Waals surface area (Å²) in [7, 11) is 0. The number of hydrogen-bond donors (Lipinski definition) is 0. The molecule has 1 saturated heterocycles. The Balaban J connectivity index is 1.60. The van der Waals surface area contributed by atoms with Gasteiger partial charge in [0.05, 0.1) is 42.0 Å². The molecule has 2 aliphatic rings. The van der Waals surface area contributed by atoms with Crippen molar-refractivity contribution in [1.82, 2.24) is 9.80 Å². The van der Waals surface area contributed by atoms with E-state index in [2.05, 4.69) is 26.9 Å². The average molecular weight is 430 g/mol. The highest BCUT2D eigenvalue weighted by molar-refractivity contribution is 9.10. The number of fused-ring (bicyclic) bond motifs is 1. The van der Waals surface area contributed by atoms with E-state index < -0.39 is 0 Å². The maximum atomic E-state index is 12.8. The van der Waals surface area contributed by atoms with E-state index in [1.54, 1.807) is 22.9 Å². The van der Waals surface area contributed by atoms with E-state index in [0.717, 1.165) is 26.7 Å². The van der Waals surface area contributed by atoms with Crippen LogP contribution in [0.3, 0.4) is 0 Å². The number of furan rings is 1. The summed E-state index contributed by atoms with van der Waals surface area (Å²) in [6.45, 7) is 1.13. The molecule has 0 N–H and O–H groups in total. The highest BCUT2D eigenvalue weighted by Gasteiger charge is 2.38. The highest BCUT2D eigenvalue weighted by atomic mass is 79.9. The van der Waals surface area contributed by atoms with Crippen LogP contribution in [0.15, 0.2) is 62.2 Å². The zero-order valence-corrected chi connectivity index (χ0v) is 16.3. The van der Waals surface area contributed by atoms with E-state index in [9.17, 15) is 10.1 Å². The predicted octanol–water partition coefficient (Wildman–Crippen LogP) is 4.26. The largest absolute Gasteiger partial charge is 0.468 e. The van der Waals surface area contributed by atoms with Gasteiger partial charge in [-0.2, -0.15) is 5.26 Å². The lowest BCUT2D eigenvalue weighted by molar-refractivity contribution is -0.132. The molecule has 3 heterocycles. The molecule has 26 heavy (non-hydrogen) atoms. The van der Waals surface area contributed by atoms with Crippen LogP contribution in [-0.4, -0.2) is 28.3 Å². The number of amides is 1. The standard InChI is InChI=1S/C19H16BrN3O2S/c20-14-5-3-13(4-6-14)16-8-18(24)23-11-22(10-15-2-1-7-25-15)12-26-19(23)17(16)9-21/h1-7,16H,8,10-12H2. The molecule has 1 aromatic heterocycles. The third-order valence-corrected chi connectivity index (χ3v) is 6.32. The summed E-state index contributed by atoms with van der Waals surface area (Å²) in [5.41, 5.74) is 1.69. The Kier molecular flexibility index (Phi) is 4.90. The molecule has 0 saturated carbocycles. The van der Waals surface area contributed by atoms with Crippen LogP contribution >= 0.6 is 27.7 Å². The molecule has 1 atom stereocenters. The summed E-state index contributed by atoms with van der Waals surface area (Å²) < 4.78 is 6.39. The monoisotopic (exact) mass is 429 g/mol. The van der Waals surface area contributed by atoms with Gasteiger partial charge in [-0.25, -0.2) is 0 Å². The number of benzene rings is 1. The smallest absolute Gasteiger partial charge is 0.229 e. The number of nitriles is 1. The molecule has 7 heteroatoms.